The lowest BCUT2D eigenvalue weighted by molar-refractivity contribution is 0.155. The Balaban J connectivity index is 1.66. The first-order chi connectivity index (χ1) is 11.5. The Kier molecular flexibility index (Phi) is 4.51. The second kappa shape index (κ2) is 6.59. The van der Waals surface area contributed by atoms with E-state index >= 15 is 0 Å². The molecule has 1 aromatic heterocycles. The first-order valence-electron chi connectivity index (χ1n) is 8.11. The van der Waals surface area contributed by atoms with Crippen molar-refractivity contribution in [3.05, 3.63) is 47.5 Å². The minimum Gasteiger partial charge on any atom is -0.332 e. The number of nitrogens with one attached hydrogen (secondary N) is 1. The summed E-state index contributed by atoms with van der Waals surface area (Å²) in [7, 11) is 1.79. The highest BCUT2D eigenvalue weighted by molar-refractivity contribution is 5.75. The van der Waals surface area contributed by atoms with Crippen LogP contribution in [0, 0.1) is 5.82 Å². The van der Waals surface area contributed by atoms with E-state index in [2.05, 4.69) is 22.6 Å². The fourth-order valence-corrected chi connectivity index (χ4v) is 3.33. The predicted molar refractivity (Wildman–Crippen MR) is 87.7 cm³/mol. The van der Waals surface area contributed by atoms with Gasteiger partial charge >= 0.3 is 6.03 Å². The van der Waals surface area contributed by atoms with Gasteiger partial charge in [-0.3, -0.25) is 4.68 Å². The SMILES string of the molecule is Cn1nncc1CNC(=O)N1CCC[C@@]1(C)Cc1ccc(F)cc1. The number of urea groups is 1. The average molecular weight is 331 g/mol. The summed E-state index contributed by atoms with van der Waals surface area (Å²) in [5.74, 6) is -0.241. The number of amides is 2. The van der Waals surface area contributed by atoms with E-state index in [0.29, 0.717) is 13.0 Å². The predicted octanol–water partition coefficient (Wildman–Crippen LogP) is 2.26. The Morgan fingerprint density at radius 1 is 1.38 bits per heavy atom. The summed E-state index contributed by atoms with van der Waals surface area (Å²) in [5.41, 5.74) is 1.63. The summed E-state index contributed by atoms with van der Waals surface area (Å²) in [6.45, 7) is 3.22. The number of carbonyl (C=O) groups excluding carboxylic acids is 1. The second-order valence-electron chi connectivity index (χ2n) is 6.56. The van der Waals surface area contributed by atoms with E-state index in [1.807, 2.05) is 4.90 Å². The van der Waals surface area contributed by atoms with Crippen LogP contribution in [0.3, 0.4) is 0 Å². The van der Waals surface area contributed by atoms with Crippen molar-refractivity contribution in [2.75, 3.05) is 6.54 Å². The van der Waals surface area contributed by atoms with Gasteiger partial charge in [0, 0.05) is 19.1 Å². The van der Waals surface area contributed by atoms with Crippen molar-refractivity contribution in [3.8, 4) is 0 Å². The number of aromatic nitrogens is 3. The maximum absolute atomic E-state index is 13.1. The van der Waals surface area contributed by atoms with Crippen LogP contribution in [0.2, 0.25) is 0 Å². The molecular formula is C17H22FN5O. The molecule has 2 amide bonds. The van der Waals surface area contributed by atoms with E-state index in [0.717, 1.165) is 30.6 Å². The monoisotopic (exact) mass is 331 g/mol. The van der Waals surface area contributed by atoms with Crippen molar-refractivity contribution in [1.29, 1.82) is 0 Å². The highest BCUT2D eigenvalue weighted by Gasteiger charge is 2.39. The van der Waals surface area contributed by atoms with Gasteiger partial charge in [0.15, 0.2) is 0 Å². The molecule has 1 aliphatic heterocycles. The number of carbonyl (C=O) groups is 1. The van der Waals surface area contributed by atoms with Gasteiger partial charge in [0.2, 0.25) is 0 Å². The number of halogens is 1. The Labute approximate surface area is 140 Å². The minimum atomic E-state index is -0.257. The average Bonchev–Trinajstić information content (AvgIpc) is 3.13. The highest BCUT2D eigenvalue weighted by atomic mass is 19.1. The molecule has 2 heterocycles. The molecule has 0 bridgehead atoms. The third-order valence-corrected chi connectivity index (χ3v) is 4.72. The van der Waals surface area contributed by atoms with E-state index in [-0.39, 0.29) is 17.4 Å². The summed E-state index contributed by atoms with van der Waals surface area (Å²) in [5, 5.41) is 10.6. The van der Waals surface area contributed by atoms with Gasteiger partial charge in [-0.15, -0.1) is 5.10 Å². The first kappa shape index (κ1) is 16.4. The van der Waals surface area contributed by atoms with Crippen molar-refractivity contribution in [1.82, 2.24) is 25.2 Å². The Bertz CT molecular complexity index is 714. The van der Waals surface area contributed by atoms with Crippen LogP contribution in [0.1, 0.15) is 31.0 Å². The molecule has 24 heavy (non-hydrogen) atoms. The van der Waals surface area contributed by atoms with E-state index in [4.69, 9.17) is 0 Å². The number of hydrogen-bond acceptors (Lipinski definition) is 3. The summed E-state index contributed by atoms with van der Waals surface area (Å²) in [4.78, 5) is 14.5. The van der Waals surface area contributed by atoms with Gasteiger partial charge in [0.25, 0.3) is 0 Å². The fraction of sp³-hybridized carbons (Fsp3) is 0.471. The van der Waals surface area contributed by atoms with Gasteiger partial charge in [-0.25, -0.2) is 9.18 Å². The number of nitrogens with zero attached hydrogens (tertiary/aromatic N) is 4. The Morgan fingerprint density at radius 3 is 2.79 bits per heavy atom. The maximum Gasteiger partial charge on any atom is 0.318 e. The lowest BCUT2D eigenvalue weighted by atomic mass is 9.90. The molecule has 0 aliphatic carbocycles. The molecular weight excluding hydrogens is 309 g/mol. The molecule has 128 valence electrons. The zero-order chi connectivity index (χ0) is 17.2. The molecule has 0 unspecified atom stereocenters. The van der Waals surface area contributed by atoms with Crippen LogP contribution in [0.4, 0.5) is 9.18 Å². The molecule has 3 rings (SSSR count). The Morgan fingerprint density at radius 2 is 2.12 bits per heavy atom. The first-order valence-corrected chi connectivity index (χ1v) is 8.11. The molecule has 6 nitrogen and oxygen atoms in total. The normalized spacial score (nSPS) is 20.4. The molecule has 1 fully saturated rings. The minimum absolute atomic E-state index is 0.0849. The second-order valence-corrected chi connectivity index (χ2v) is 6.56. The van der Waals surface area contributed by atoms with Crippen LogP contribution in [0.5, 0.6) is 0 Å². The summed E-state index contributed by atoms with van der Waals surface area (Å²) in [6, 6.07) is 6.42. The number of rotatable bonds is 4. The van der Waals surface area contributed by atoms with Crippen LogP contribution in [-0.2, 0) is 20.0 Å². The van der Waals surface area contributed by atoms with Crippen molar-refractivity contribution in [3.63, 3.8) is 0 Å². The zero-order valence-corrected chi connectivity index (χ0v) is 14.0. The number of likely N-dealkylation sites (tertiary alicyclic amines) is 1. The summed E-state index contributed by atoms with van der Waals surface area (Å²) < 4.78 is 14.7. The van der Waals surface area contributed by atoms with Gasteiger partial charge in [0.05, 0.1) is 18.4 Å². The molecule has 0 saturated carbocycles. The molecule has 2 aromatic rings. The summed E-state index contributed by atoms with van der Waals surface area (Å²) in [6.07, 6.45) is 4.26. The Hall–Kier alpha value is -2.44. The summed E-state index contributed by atoms with van der Waals surface area (Å²) >= 11 is 0. The van der Waals surface area contributed by atoms with E-state index in [9.17, 15) is 9.18 Å². The van der Waals surface area contributed by atoms with Gasteiger partial charge in [-0.1, -0.05) is 17.3 Å². The van der Waals surface area contributed by atoms with Gasteiger partial charge < -0.3 is 10.2 Å². The lowest BCUT2D eigenvalue weighted by Gasteiger charge is -2.35. The number of benzene rings is 1. The van der Waals surface area contributed by atoms with E-state index in [1.165, 1.54) is 12.1 Å². The molecule has 1 aliphatic rings. The zero-order valence-electron chi connectivity index (χ0n) is 14.0. The van der Waals surface area contributed by atoms with Crippen molar-refractivity contribution < 1.29 is 9.18 Å². The third-order valence-electron chi connectivity index (χ3n) is 4.72. The molecule has 0 radical (unpaired) electrons. The van der Waals surface area contributed by atoms with Crippen molar-refractivity contribution in [2.45, 2.75) is 38.3 Å². The smallest absolute Gasteiger partial charge is 0.318 e. The van der Waals surface area contributed by atoms with Crippen molar-refractivity contribution in [2.24, 2.45) is 7.05 Å². The number of aryl methyl sites for hydroxylation is 1. The van der Waals surface area contributed by atoms with Crippen LogP contribution in [0.25, 0.3) is 0 Å². The quantitative estimate of drug-likeness (QED) is 0.935. The molecule has 1 atom stereocenters. The number of hydrogen-bond donors (Lipinski definition) is 1. The van der Waals surface area contributed by atoms with Gasteiger partial charge in [0.1, 0.15) is 5.82 Å². The van der Waals surface area contributed by atoms with Gasteiger partial charge in [-0.2, -0.15) is 0 Å². The van der Waals surface area contributed by atoms with E-state index < -0.39 is 0 Å². The van der Waals surface area contributed by atoms with Crippen LogP contribution < -0.4 is 5.32 Å². The molecule has 1 aromatic carbocycles. The molecule has 7 heteroatoms. The third kappa shape index (κ3) is 3.39. The highest BCUT2D eigenvalue weighted by Crippen LogP contribution is 2.32. The van der Waals surface area contributed by atoms with Crippen LogP contribution >= 0.6 is 0 Å². The van der Waals surface area contributed by atoms with Crippen LogP contribution in [-0.4, -0.2) is 38.0 Å². The fourth-order valence-electron chi connectivity index (χ4n) is 3.33. The molecule has 1 N–H and O–H groups in total. The van der Waals surface area contributed by atoms with Crippen LogP contribution in [0.15, 0.2) is 30.5 Å². The molecule has 0 spiro atoms. The maximum atomic E-state index is 13.1. The topological polar surface area (TPSA) is 63.1 Å². The molecule has 1 saturated heterocycles. The van der Waals surface area contributed by atoms with E-state index in [1.54, 1.807) is 30.1 Å². The standard InChI is InChI=1S/C17H22FN5O/c1-17(10-13-4-6-14(18)7-5-13)8-3-9-23(17)16(24)19-11-15-12-20-21-22(15)2/h4-7,12H,3,8-11H2,1-2H3,(H,19,24)/t17-/m0/s1. The lowest BCUT2D eigenvalue weighted by Crippen LogP contribution is -2.50. The largest absolute Gasteiger partial charge is 0.332 e. The van der Waals surface area contributed by atoms with Crippen molar-refractivity contribution >= 4 is 6.03 Å². The van der Waals surface area contributed by atoms with Gasteiger partial charge in [-0.05, 0) is 43.9 Å².